The van der Waals surface area contributed by atoms with E-state index in [0.29, 0.717) is 12.1 Å². The van der Waals surface area contributed by atoms with Crippen LogP contribution < -0.4 is 5.32 Å². The molecule has 0 radical (unpaired) electrons. The van der Waals surface area contributed by atoms with Crippen molar-refractivity contribution in [2.75, 3.05) is 11.5 Å². The van der Waals surface area contributed by atoms with Gasteiger partial charge < -0.3 is 5.32 Å². The van der Waals surface area contributed by atoms with E-state index in [4.69, 9.17) is 0 Å². The maximum absolute atomic E-state index is 3.84. The maximum Gasteiger partial charge on any atom is 0.0659 e. The third kappa shape index (κ3) is 4.12. The molecule has 1 aliphatic carbocycles. The van der Waals surface area contributed by atoms with Crippen LogP contribution in [0.2, 0.25) is 0 Å². The Morgan fingerprint density at radius 3 is 3.22 bits per heavy atom. The Labute approximate surface area is 133 Å². The summed E-state index contributed by atoms with van der Waals surface area (Å²) in [7, 11) is 0. The summed E-state index contributed by atoms with van der Waals surface area (Å²) in [6, 6.07) is 3.64. The molecule has 1 N–H and O–H groups in total. The molecule has 1 aromatic heterocycles. The van der Waals surface area contributed by atoms with Crippen molar-refractivity contribution in [3.63, 3.8) is 0 Å². The molecule has 0 saturated carbocycles. The van der Waals surface area contributed by atoms with Gasteiger partial charge in [0.1, 0.15) is 0 Å². The number of fused-ring (bicyclic) bond motifs is 1. The van der Waals surface area contributed by atoms with Gasteiger partial charge in [0.25, 0.3) is 0 Å². The second kappa shape index (κ2) is 7.50. The monoisotopic (exact) mass is 395 g/mol. The lowest BCUT2D eigenvalue weighted by Crippen LogP contribution is -2.32. The average molecular weight is 395 g/mol. The summed E-state index contributed by atoms with van der Waals surface area (Å²) in [6.07, 6.45) is 5.23. The van der Waals surface area contributed by atoms with Crippen molar-refractivity contribution < 1.29 is 0 Å². The van der Waals surface area contributed by atoms with Crippen LogP contribution in [0, 0.1) is 2.88 Å². The topological polar surface area (TPSA) is 12.0 Å². The molecule has 0 aliphatic heterocycles. The van der Waals surface area contributed by atoms with Gasteiger partial charge in [-0.2, -0.15) is 11.8 Å². The van der Waals surface area contributed by atoms with Gasteiger partial charge in [-0.1, -0.05) is 6.92 Å². The minimum Gasteiger partial charge on any atom is -0.307 e. The summed E-state index contributed by atoms with van der Waals surface area (Å²) in [5, 5.41) is 3.84. The number of thioether (sulfide) groups is 1. The minimum absolute atomic E-state index is 0.607. The molecule has 0 saturated heterocycles. The van der Waals surface area contributed by atoms with Crippen molar-refractivity contribution >= 4 is 45.7 Å². The van der Waals surface area contributed by atoms with Crippen LogP contribution in [0.5, 0.6) is 0 Å². The van der Waals surface area contributed by atoms with Crippen LogP contribution in [0.1, 0.15) is 49.6 Å². The fraction of sp³-hybridized carbons (Fsp3) is 0.714. The van der Waals surface area contributed by atoms with Gasteiger partial charge in [-0.3, -0.25) is 0 Å². The summed E-state index contributed by atoms with van der Waals surface area (Å²) in [5.41, 5.74) is 1.59. The first-order valence-corrected chi connectivity index (χ1v) is 9.87. The third-order valence-corrected chi connectivity index (χ3v) is 6.37. The number of aryl methyl sites for hydroxylation is 1. The summed E-state index contributed by atoms with van der Waals surface area (Å²) < 4.78 is 1.44. The van der Waals surface area contributed by atoms with E-state index in [-0.39, 0.29) is 0 Å². The molecule has 1 aliphatic rings. The normalized spacial score (nSPS) is 20.7. The SMILES string of the molecule is CCSCCC(C)NC1CCCc2sc(I)cc21. The van der Waals surface area contributed by atoms with Crippen molar-refractivity contribution in [2.45, 2.75) is 51.6 Å². The van der Waals surface area contributed by atoms with Crippen LogP contribution in [-0.4, -0.2) is 17.5 Å². The lowest BCUT2D eigenvalue weighted by molar-refractivity contribution is 0.406. The Kier molecular flexibility index (Phi) is 6.31. The van der Waals surface area contributed by atoms with Crippen LogP contribution in [0.15, 0.2) is 6.07 Å². The maximum atomic E-state index is 3.84. The molecule has 0 fully saturated rings. The molecule has 0 amide bonds. The second-order valence-electron chi connectivity index (χ2n) is 4.93. The van der Waals surface area contributed by atoms with Gasteiger partial charge in [0.2, 0.25) is 0 Å². The molecule has 1 nitrogen and oxygen atoms in total. The van der Waals surface area contributed by atoms with Crippen LogP contribution in [0.25, 0.3) is 0 Å². The van der Waals surface area contributed by atoms with Gasteiger partial charge >= 0.3 is 0 Å². The lowest BCUT2D eigenvalue weighted by atomic mass is 9.93. The molecule has 2 atom stereocenters. The molecule has 1 aromatic rings. The number of halogens is 1. The molecule has 18 heavy (non-hydrogen) atoms. The quantitative estimate of drug-likeness (QED) is 0.546. The molecule has 1 heterocycles. The fourth-order valence-electron chi connectivity index (χ4n) is 2.53. The second-order valence-corrected chi connectivity index (χ2v) is 9.35. The van der Waals surface area contributed by atoms with Crippen molar-refractivity contribution in [3.05, 3.63) is 19.4 Å². The molecule has 102 valence electrons. The van der Waals surface area contributed by atoms with E-state index < -0.39 is 0 Å². The molecule has 0 spiro atoms. The van der Waals surface area contributed by atoms with Crippen molar-refractivity contribution in [2.24, 2.45) is 0 Å². The summed E-state index contributed by atoms with van der Waals surface area (Å²) in [4.78, 5) is 1.62. The van der Waals surface area contributed by atoms with Crippen molar-refractivity contribution in [3.8, 4) is 0 Å². The van der Waals surface area contributed by atoms with Gasteiger partial charge in [0.05, 0.1) is 2.88 Å². The highest BCUT2D eigenvalue weighted by Gasteiger charge is 2.23. The van der Waals surface area contributed by atoms with Gasteiger partial charge in [-0.25, -0.2) is 0 Å². The first-order chi connectivity index (χ1) is 8.70. The smallest absolute Gasteiger partial charge is 0.0659 e. The Bertz CT molecular complexity index is 378. The molecule has 2 rings (SSSR count). The first-order valence-electron chi connectivity index (χ1n) is 6.82. The van der Waals surface area contributed by atoms with Crippen LogP contribution in [-0.2, 0) is 6.42 Å². The van der Waals surface area contributed by atoms with Crippen molar-refractivity contribution in [1.29, 1.82) is 0 Å². The van der Waals surface area contributed by atoms with E-state index in [1.54, 1.807) is 10.4 Å². The Hall–Kier alpha value is 0.740. The van der Waals surface area contributed by atoms with E-state index in [0.717, 1.165) is 0 Å². The molecule has 0 bridgehead atoms. The number of nitrogens with one attached hydrogen (secondary N) is 1. The van der Waals surface area contributed by atoms with E-state index in [2.05, 4.69) is 47.8 Å². The first kappa shape index (κ1) is 15.1. The largest absolute Gasteiger partial charge is 0.307 e. The molecular formula is C14H22INS2. The van der Waals surface area contributed by atoms with Crippen molar-refractivity contribution in [1.82, 2.24) is 5.32 Å². The molecule has 0 aromatic carbocycles. The van der Waals surface area contributed by atoms with E-state index in [1.807, 2.05) is 23.1 Å². The standard InChI is InChI=1S/C14H22INS2/c1-3-17-8-7-10(2)16-12-5-4-6-13-11(12)9-14(15)18-13/h9-10,12,16H,3-8H2,1-2H3. The Balaban J connectivity index is 1.90. The number of rotatable bonds is 6. The zero-order chi connectivity index (χ0) is 13.0. The number of thiophene rings is 1. The molecule has 2 unspecified atom stereocenters. The number of hydrogen-bond donors (Lipinski definition) is 1. The average Bonchev–Trinajstić information content (AvgIpc) is 2.71. The van der Waals surface area contributed by atoms with E-state index >= 15 is 0 Å². The highest BCUT2D eigenvalue weighted by Crippen LogP contribution is 2.36. The lowest BCUT2D eigenvalue weighted by Gasteiger charge is -2.27. The Morgan fingerprint density at radius 2 is 2.44 bits per heavy atom. The highest BCUT2D eigenvalue weighted by molar-refractivity contribution is 14.1. The van der Waals surface area contributed by atoms with E-state index in [9.17, 15) is 0 Å². The molecule has 4 heteroatoms. The van der Waals surface area contributed by atoms with Crippen LogP contribution >= 0.6 is 45.7 Å². The van der Waals surface area contributed by atoms with Crippen LogP contribution in [0.4, 0.5) is 0 Å². The van der Waals surface area contributed by atoms with E-state index in [1.165, 1.54) is 40.1 Å². The zero-order valence-corrected chi connectivity index (χ0v) is 15.0. The van der Waals surface area contributed by atoms with Crippen LogP contribution in [0.3, 0.4) is 0 Å². The van der Waals surface area contributed by atoms with Gasteiger partial charge in [-0.15, -0.1) is 11.3 Å². The zero-order valence-electron chi connectivity index (χ0n) is 11.2. The number of hydrogen-bond acceptors (Lipinski definition) is 3. The molecular weight excluding hydrogens is 373 g/mol. The summed E-state index contributed by atoms with van der Waals surface area (Å²) >= 11 is 6.49. The van der Waals surface area contributed by atoms with Gasteiger partial charge in [-0.05, 0) is 78.3 Å². The predicted molar refractivity (Wildman–Crippen MR) is 92.9 cm³/mol. The highest BCUT2D eigenvalue weighted by atomic mass is 127. The summed E-state index contributed by atoms with van der Waals surface area (Å²) in [6.45, 7) is 4.57. The minimum atomic E-state index is 0.607. The fourth-order valence-corrected chi connectivity index (χ4v) is 5.45. The third-order valence-electron chi connectivity index (χ3n) is 3.47. The predicted octanol–water partition coefficient (Wildman–Crippen LogP) is 4.85. The Morgan fingerprint density at radius 1 is 1.61 bits per heavy atom. The van der Waals surface area contributed by atoms with Gasteiger partial charge in [0.15, 0.2) is 0 Å². The summed E-state index contributed by atoms with van der Waals surface area (Å²) in [5.74, 6) is 2.52. The van der Waals surface area contributed by atoms with Gasteiger partial charge in [0, 0.05) is 17.0 Å².